The Morgan fingerprint density at radius 1 is 1.50 bits per heavy atom. The van der Waals surface area contributed by atoms with Crippen LogP contribution in [-0.2, 0) is 6.54 Å². The summed E-state index contributed by atoms with van der Waals surface area (Å²) in [6.45, 7) is 4.33. The Balaban J connectivity index is 2.83. The number of likely N-dealkylation sites (N-methyl/N-ethyl adjacent to an activating group) is 1. The van der Waals surface area contributed by atoms with E-state index in [2.05, 4.69) is 0 Å². The molecule has 0 fully saturated rings. The van der Waals surface area contributed by atoms with E-state index in [9.17, 15) is 15.2 Å². The van der Waals surface area contributed by atoms with Gasteiger partial charge >= 0.3 is 0 Å². The van der Waals surface area contributed by atoms with Crippen molar-refractivity contribution in [1.29, 1.82) is 0 Å². The Morgan fingerprint density at radius 3 is 2.61 bits per heavy atom. The van der Waals surface area contributed by atoms with Gasteiger partial charge in [0.15, 0.2) is 0 Å². The third-order valence-corrected chi connectivity index (χ3v) is 2.43. The standard InChI is InChI=1S/C12H19N3O3/c1-12(2,16)8-14(3)7-9-6-10(15(17)18)4-5-11(9)13/h4-6,16H,7-8,13H2,1-3H3. The van der Waals surface area contributed by atoms with Gasteiger partial charge < -0.3 is 10.8 Å². The van der Waals surface area contributed by atoms with Gasteiger partial charge in [-0.3, -0.25) is 15.0 Å². The number of hydrogen-bond acceptors (Lipinski definition) is 5. The summed E-state index contributed by atoms with van der Waals surface area (Å²) in [6, 6.07) is 4.39. The molecule has 18 heavy (non-hydrogen) atoms. The van der Waals surface area contributed by atoms with Crippen LogP contribution in [0, 0.1) is 10.1 Å². The lowest BCUT2D eigenvalue weighted by atomic mass is 10.1. The summed E-state index contributed by atoms with van der Waals surface area (Å²) in [5.74, 6) is 0. The first-order valence-electron chi connectivity index (χ1n) is 5.63. The Morgan fingerprint density at radius 2 is 2.11 bits per heavy atom. The van der Waals surface area contributed by atoms with Crippen molar-refractivity contribution in [3.05, 3.63) is 33.9 Å². The maximum absolute atomic E-state index is 10.7. The molecule has 0 amide bonds. The van der Waals surface area contributed by atoms with E-state index in [-0.39, 0.29) is 5.69 Å². The van der Waals surface area contributed by atoms with Gasteiger partial charge in [0, 0.05) is 30.9 Å². The molecule has 0 aromatic heterocycles. The summed E-state index contributed by atoms with van der Waals surface area (Å²) >= 11 is 0. The highest BCUT2D eigenvalue weighted by Gasteiger charge is 2.17. The highest BCUT2D eigenvalue weighted by molar-refractivity contribution is 5.52. The second-order valence-corrected chi connectivity index (χ2v) is 5.12. The maximum atomic E-state index is 10.7. The normalized spacial score (nSPS) is 11.8. The second kappa shape index (κ2) is 5.32. The zero-order valence-corrected chi connectivity index (χ0v) is 10.9. The van der Waals surface area contributed by atoms with Crippen LogP contribution in [0.1, 0.15) is 19.4 Å². The molecular formula is C12H19N3O3. The smallest absolute Gasteiger partial charge is 0.269 e. The minimum absolute atomic E-state index is 0.0239. The Bertz CT molecular complexity index is 441. The molecule has 0 aliphatic rings. The fourth-order valence-corrected chi connectivity index (χ4v) is 1.85. The van der Waals surface area contributed by atoms with E-state index in [1.54, 1.807) is 13.8 Å². The number of hydrogen-bond donors (Lipinski definition) is 2. The van der Waals surface area contributed by atoms with Gasteiger partial charge in [0.25, 0.3) is 5.69 Å². The zero-order valence-electron chi connectivity index (χ0n) is 10.9. The lowest BCUT2D eigenvalue weighted by Gasteiger charge is -2.25. The lowest BCUT2D eigenvalue weighted by molar-refractivity contribution is -0.384. The van der Waals surface area contributed by atoms with Crippen molar-refractivity contribution in [2.45, 2.75) is 26.0 Å². The van der Waals surface area contributed by atoms with Gasteiger partial charge in [0.1, 0.15) is 0 Å². The quantitative estimate of drug-likeness (QED) is 0.470. The van der Waals surface area contributed by atoms with E-state index in [0.717, 1.165) is 0 Å². The van der Waals surface area contributed by atoms with E-state index in [1.165, 1.54) is 18.2 Å². The topological polar surface area (TPSA) is 92.6 Å². The second-order valence-electron chi connectivity index (χ2n) is 5.12. The summed E-state index contributed by atoms with van der Waals surface area (Å²) in [5.41, 5.74) is 6.21. The van der Waals surface area contributed by atoms with Crippen molar-refractivity contribution in [3.63, 3.8) is 0 Å². The van der Waals surface area contributed by atoms with Crippen LogP contribution in [0.3, 0.4) is 0 Å². The van der Waals surface area contributed by atoms with Gasteiger partial charge in [0.05, 0.1) is 10.5 Å². The number of anilines is 1. The summed E-state index contributed by atoms with van der Waals surface area (Å²) in [7, 11) is 1.83. The maximum Gasteiger partial charge on any atom is 0.269 e. The molecule has 6 heteroatoms. The monoisotopic (exact) mass is 253 g/mol. The molecule has 0 saturated heterocycles. The summed E-state index contributed by atoms with van der Waals surface area (Å²) in [5, 5.41) is 20.4. The molecule has 0 saturated carbocycles. The number of rotatable bonds is 5. The van der Waals surface area contributed by atoms with Gasteiger partial charge in [-0.2, -0.15) is 0 Å². The molecule has 0 unspecified atom stereocenters. The minimum Gasteiger partial charge on any atom is -0.398 e. The number of nitrogens with two attached hydrogens (primary N) is 1. The highest BCUT2D eigenvalue weighted by atomic mass is 16.6. The number of aliphatic hydroxyl groups is 1. The van der Waals surface area contributed by atoms with Gasteiger partial charge in [0.2, 0.25) is 0 Å². The van der Waals surface area contributed by atoms with Gasteiger partial charge in [-0.15, -0.1) is 0 Å². The molecule has 0 radical (unpaired) electrons. The third-order valence-electron chi connectivity index (χ3n) is 2.43. The van der Waals surface area contributed by atoms with Crippen molar-refractivity contribution in [1.82, 2.24) is 4.90 Å². The molecule has 0 bridgehead atoms. The fourth-order valence-electron chi connectivity index (χ4n) is 1.85. The summed E-state index contributed by atoms with van der Waals surface area (Å²) in [4.78, 5) is 12.1. The van der Waals surface area contributed by atoms with Crippen molar-refractivity contribution >= 4 is 11.4 Å². The SMILES string of the molecule is CN(Cc1cc([N+](=O)[O-])ccc1N)CC(C)(C)O. The average Bonchev–Trinajstić information content (AvgIpc) is 2.18. The van der Waals surface area contributed by atoms with Crippen molar-refractivity contribution in [3.8, 4) is 0 Å². The van der Waals surface area contributed by atoms with E-state index in [1.807, 2.05) is 11.9 Å². The number of nitrogen functional groups attached to an aromatic ring is 1. The Kier molecular flexibility index (Phi) is 4.26. The number of nitro benzene ring substituents is 1. The largest absolute Gasteiger partial charge is 0.398 e. The third kappa shape index (κ3) is 4.31. The lowest BCUT2D eigenvalue weighted by Crippen LogP contribution is -2.35. The van der Waals surface area contributed by atoms with Gasteiger partial charge in [-0.1, -0.05) is 0 Å². The van der Waals surface area contributed by atoms with Gasteiger partial charge in [-0.25, -0.2) is 0 Å². The fraction of sp³-hybridized carbons (Fsp3) is 0.500. The zero-order chi connectivity index (χ0) is 13.9. The van der Waals surface area contributed by atoms with Crippen molar-refractivity contribution < 1.29 is 10.0 Å². The molecular weight excluding hydrogens is 234 g/mol. The predicted octanol–water partition coefficient (Wildman–Crippen LogP) is 1.38. The summed E-state index contributed by atoms with van der Waals surface area (Å²) in [6.07, 6.45) is 0. The van der Waals surface area contributed by atoms with Crippen LogP contribution in [-0.4, -0.2) is 34.1 Å². The van der Waals surface area contributed by atoms with Crippen LogP contribution in [0.2, 0.25) is 0 Å². The molecule has 0 heterocycles. The van der Waals surface area contributed by atoms with E-state index >= 15 is 0 Å². The van der Waals surface area contributed by atoms with Crippen LogP contribution >= 0.6 is 0 Å². The Hall–Kier alpha value is -1.66. The number of benzene rings is 1. The van der Waals surface area contributed by atoms with E-state index in [4.69, 9.17) is 5.73 Å². The first-order valence-corrected chi connectivity index (χ1v) is 5.63. The molecule has 0 aliphatic heterocycles. The molecule has 0 atom stereocenters. The minimum atomic E-state index is -0.815. The molecule has 1 aromatic carbocycles. The molecule has 1 rings (SSSR count). The average molecular weight is 253 g/mol. The van der Waals surface area contributed by atoms with E-state index in [0.29, 0.717) is 24.3 Å². The van der Waals surface area contributed by atoms with Crippen molar-refractivity contribution in [2.75, 3.05) is 19.3 Å². The highest BCUT2D eigenvalue weighted by Crippen LogP contribution is 2.21. The molecule has 6 nitrogen and oxygen atoms in total. The Labute approximate surface area is 106 Å². The molecule has 3 N–H and O–H groups in total. The first kappa shape index (κ1) is 14.4. The molecule has 100 valence electrons. The van der Waals surface area contributed by atoms with Crippen LogP contribution in [0.15, 0.2) is 18.2 Å². The van der Waals surface area contributed by atoms with Crippen LogP contribution < -0.4 is 5.73 Å². The van der Waals surface area contributed by atoms with Crippen LogP contribution in [0.4, 0.5) is 11.4 Å². The molecule has 0 spiro atoms. The number of non-ortho nitro benzene ring substituents is 1. The number of nitrogens with zero attached hydrogens (tertiary/aromatic N) is 2. The number of nitro groups is 1. The predicted molar refractivity (Wildman–Crippen MR) is 70.1 cm³/mol. The molecule has 1 aromatic rings. The van der Waals surface area contributed by atoms with Crippen LogP contribution in [0.5, 0.6) is 0 Å². The van der Waals surface area contributed by atoms with Crippen molar-refractivity contribution in [2.24, 2.45) is 0 Å². The molecule has 0 aliphatic carbocycles. The van der Waals surface area contributed by atoms with E-state index < -0.39 is 10.5 Å². The van der Waals surface area contributed by atoms with Gasteiger partial charge in [-0.05, 0) is 32.5 Å². The summed E-state index contributed by atoms with van der Waals surface area (Å²) < 4.78 is 0. The first-order chi connectivity index (χ1) is 8.19. The van der Waals surface area contributed by atoms with Crippen LogP contribution in [0.25, 0.3) is 0 Å².